The standard InChI is InChI=1S/C20H18N4OS/c1-23(2)15-6-4-13(5-7-15)16-12-26-19-17(16)20(25)24(3)22-18(19)14-8-10-21-11-9-14/h4-12H,1-3H3. The van der Waals surface area contributed by atoms with Crippen LogP contribution >= 0.6 is 11.3 Å². The van der Waals surface area contributed by atoms with Crippen molar-refractivity contribution < 1.29 is 0 Å². The molecule has 0 fully saturated rings. The van der Waals surface area contributed by atoms with Gasteiger partial charge in [0.05, 0.1) is 10.1 Å². The lowest BCUT2D eigenvalue weighted by Crippen LogP contribution is -2.20. The topological polar surface area (TPSA) is 51.0 Å². The van der Waals surface area contributed by atoms with Crippen LogP contribution in [0.1, 0.15) is 0 Å². The highest BCUT2D eigenvalue weighted by atomic mass is 32.1. The Labute approximate surface area is 155 Å². The molecule has 0 bridgehead atoms. The molecule has 1 aromatic carbocycles. The highest BCUT2D eigenvalue weighted by molar-refractivity contribution is 7.18. The summed E-state index contributed by atoms with van der Waals surface area (Å²) in [5.41, 5.74) is 4.80. The van der Waals surface area contributed by atoms with Gasteiger partial charge in [-0.05, 0) is 29.8 Å². The summed E-state index contributed by atoms with van der Waals surface area (Å²) in [4.78, 5) is 19.0. The molecule has 6 heteroatoms. The number of aromatic nitrogens is 3. The van der Waals surface area contributed by atoms with Gasteiger partial charge in [0, 0.05) is 55.7 Å². The molecule has 4 aromatic rings. The predicted octanol–water partition coefficient (Wildman–Crippen LogP) is 3.79. The number of fused-ring (bicyclic) bond motifs is 1. The first-order chi connectivity index (χ1) is 12.6. The van der Waals surface area contributed by atoms with Crippen molar-refractivity contribution in [3.63, 3.8) is 0 Å². The van der Waals surface area contributed by atoms with Crippen LogP contribution < -0.4 is 10.5 Å². The van der Waals surface area contributed by atoms with Crippen molar-refractivity contribution in [2.45, 2.75) is 0 Å². The van der Waals surface area contributed by atoms with Crippen LogP contribution in [0.25, 0.3) is 32.5 Å². The van der Waals surface area contributed by atoms with E-state index in [1.54, 1.807) is 30.8 Å². The molecule has 0 amide bonds. The third kappa shape index (κ3) is 2.68. The van der Waals surface area contributed by atoms with Gasteiger partial charge in [0.1, 0.15) is 5.69 Å². The van der Waals surface area contributed by atoms with Gasteiger partial charge in [0.2, 0.25) is 0 Å². The predicted molar refractivity (Wildman–Crippen MR) is 108 cm³/mol. The van der Waals surface area contributed by atoms with Crippen molar-refractivity contribution in [3.05, 3.63) is 64.5 Å². The Bertz CT molecular complexity index is 1130. The van der Waals surface area contributed by atoms with Gasteiger partial charge >= 0.3 is 0 Å². The molecule has 0 spiro atoms. The molecule has 0 aliphatic carbocycles. The Morgan fingerprint density at radius 3 is 2.35 bits per heavy atom. The normalized spacial score (nSPS) is 11.0. The Hall–Kier alpha value is -2.99. The number of rotatable bonds is 3. The van der Waals surface area contributed by atoms with Crippen LogP contribution in [0.15, 0.2) is 59.0 Å². The quantitative estimate of drug-likeness (QED) is 0.556. The monoisotopic (exact) mass is 362 g/mol. The maximum absolute atomic E-state index is 12.8. The Morgan fingerprint density at radius 2 is 1.69 bits per heavy atom. The van der Waals surface area contributed by atoms with Crippen molar-refractivity contribution in [2.75, 3.05) is 19.0 Å². The Balaban J connectivity index is 1.96. The molecule has 26 heavy (non-hydrogen) atoms. The second-order valence-corrected chi connectivity index (χ2v) is 7.19. The van der Waals surface area contributed by atoms with Gasteiger partial charge in [0.25, 0.3) is 5.56 Å². The lowest BCUT2D eigenvalue weighted by Gasteiger charge is -2.12. The van der Waals surface area contributed by atoms with Crippen LogP contribution in [0.3, 0.4) is 0 Å². The van der Waals surface area contributed by atoms with Crippen LogP contribution in [-0.2, 0) is 7.05 Å². The zero-order valence-electron chi connectivity index (χ0n) is 14.8. The highest BCUT2D eigenvalue weighted by Gasteiger charge is 2.17. The SMILES string of the molecule is CN(C)c1ccc(-c2csc3c(-c4ccncc4)nn(C)c(=O)c23)cc1. The fourth-order valence-electron chi connectivity index (χ4n) is 3.00. The average molecular weight is 362 g/mol. The largest absolute Gasteiger partial charge is 0.378 e. The van der Waals surface area contributed by atoms with E-state index in [2.05, 4.69) is 39.2 Å². The molecule has 3 heterocycles. The van der Waals surface area contributed by atoms with Crippen molar-refractivity contribution in [1.29, 1.82) is 0 Å². The van der Waals surface area contributed by atoms with E-state index in [0.717, 1.165) is 38.2 Å². The van der Waals surface area contributed by atoms with Crippen molar-refractivity contribution in [1.82, 2.24) is 14.8 Å². The van der Waals surface area contributed by atoms with E-state index in [-0.39, 0.29) is 5.56 Å². The van der Waals surface area contributed by atoms with Gasteiger partial charge in [-0.3, -0.25) is 9.78 Å². The molecule has 0 aliphatic heterocycles. The van der Waals surface area contributed by atoms with Crippen LogP contribution in [0.4, 0.5) is 5.69 Å². The number of hydrogen-bond acceptors (Lipinski definition) is 5. The Morgan fingerprint density at radius 1 is 1.00 bits per heavy atom. The third-order valence-corrected chi connectivity index (χ3v) is 5.40. The van der Waals surface area contributed by atoms with Gasteiger partial charge in [-0.2, -0.15) is 5.10 Å². The smallest absolute Gasteiger partial charge is 0.275 e. The molecule has 0 saturated carbocycles. The van der Waals surface area contributed by atoms with Gasteiger partial charge in [0.15, 0.2) is 0 Å². The maximum atomic E-state index is 12.8. The van der Waals surface area contributed by atoms with Gasteiger partial charge in [-0.15, -0.1) is 11.3 Å². The van der Waals surface area contributed by atoms with E-state index in [4.69, 9.17) is 0 Å². The maximum Gasteiger partial charge on any atom is 0.275 e. The summed E-state index contributed by atoms with van der Waals surface area (Å²) in [5, 5.41) is 7.26. The first-order valence-corrected chi connectivity index (χ1v) is 9.11. The van der Waals surface area contributed by atoms with Gasteiger partial charge in [-0.25, -0.2) is 4.68 Å². The number of aryl methyl sites for hydroxylation is 1. The molecule has 0 aliphatic rings. The summed E-state index contributed by atoms with van der Waals surface area (Å²) in [6.07, 6.45) is 3.48. The summed E-state index contributed by atoms with van der Waals surface area (Å²) in [5.74, 6) is 0. The van der Waals surface area contributed by atoms with E-state index in [9.17, 15) is 4.79 Å². The molecule has 0 saturated heterocycles. The summed E-state index contributed by atoms with van der Waals surface area (Å²) in [7, 11) is 5.72. The van der Waals surface area contributed by atoms with Gasteiger partial charge < -0.3 is 4.90 Å². The minimum Gasteiger partial charge on any atom is -0.378 e. The van der Waals surface area contributed by atoms with E-state index >= 15 is 0 Å². The van der Waals surface area contributed by atoms with Crippen molar-refractivity contribution in [3.8, 4) is 22.4 Å². The zero-order valence-corrected chi connectivity index (χ0v) is 15.6. The second-order valence-electron chi connectivity index (χ2n) is 6.31. The van der Waals surface area contributed by atoms with E-state index in [0.29, 0.717) is 0 Å². The lowest BCUT2D eigenvalue weighted by atomic mass is 10.0. The second kappa shape index (κ2) is 6.38. The van der Waals surface area contributed by atoms with Crippen LogP contribution in [0, 0.1) is 0 Å². The molecule has 5 nitrogen and oxygen atoms in total. The summed E-state index contributed by atoms with van der Waals surface area (Å²) in [6, 6.07) is 12.1. The molecule has 3 aromatic heterocycles. The number of thiophene rings is 1. The summed E-state index contributed by atoms with van der Waals surface area (Å²) < 4.78 is 2.33. The first-order valence-electron chi connectivity index (χ1n) is 8.23. The molecular weight excluding hydrogens is 344 g/mol. The lowest BCUT2D eigenvalue weighted by molar-refractivity contribution is 0.723. The average Bonchev–Trinajstić information content (AvgIpc) is 3.11. The van der Waals surface area contributed by atoms with Gasteiger partial charge in [-0.1, -0.05) is 12.1 Å². The number of pyridine rings is 1. The molecule has 0 unspecified atom stereocenters. The molecule has 0 radical (unpaired) electrons. The minimum atomic E-state index is -0.0780. The number of nitrogens with zero attached hydrogens (tertiary/aromatic N) is 4. The van der Waals surface area contributed by atoms with Crippen molar-refractivity contribution in [2.24, 2.45) is 7.05 Å². The first kappa shape index (κ1) is 16.5. The fraction of sp³-hybridized carbons (Fsp3) is 0.150. The fourth-order valence-corrected chi connectivity index (χ4v) is 4.07. The minimum absolute atomic E-state index is 0.0780. The van der Waals surface area contributed by atoms with Crippen LogP contribution in [0.5, 0.6) is 0 Å². The van der Waals surface area contributed by atoms with E-state index in [1.165, 1.54) is 4.68 Å². The van der Waals surface area contributed by atoms with Crippen LogP contribution in [0.2, 0.25) is 0 Å². The summed E-state index contributed by atoms with van der Waals surface area (Å²) >= 11 is 1.56. The molecule has 130 valence electrons. The van der Waals surface area contributed by atoms with Crippen molar-refractivity contribution >= 4 is 27.1 Å². The van der Waals surface area contributed by atoms with E-state index in [1.807, 2.05) is 31.6 Å². The third-order valence-electron chi connectivity index (χ3n) is 4.41. The zero-order chi connectivity index (χ0) is 18.3. The summed E-state index contributed by atoms with van der Waals surface area (Å²) in [6.45, 7) is 0. The molecule has 0 N–H and O–H groups in total. The molecular formula is C20H18N4OS. The number of hydrogen-bond donors (Lipinski definition) is 0. The molecule has 0 atom stereocenters. The number of anilines is 1. The Kier molecular flexibility index (Phi) is 4.05. The molecule has 4 rings (SSSR count). The number of benzene rings is 1. The van der Waals surface area contributed by atoms with E-state index < -0.39 is 0 Å². The highest BCUT2D eigenvalue weighted by Crippen LogP contribution is 2.36. The van der Waals surface area contributed by atoms with Crippen LogP contribution in [-0.4, -0.2) is 28.9 Å².